The Hall–Kier alpha value is -2.24. The van der Waals surface area contributed by atoms with Crippen LogP contribution in [0.25, 0.3) is 0 Å². The van der Waals surface area contributed by atoms with Crippen molar-refractivity contribution in [2.24, 2.45) is 5.41 Å². The molecule has 0 bridgehead atoms. The molecular formula is C21H28N4O5S2. The van der Waals surface area contributed by atoms with Gasteiger partial charge in [0.1, 0.15) is 11.8 Å². The highest BCUT2D eigenvalue weighted by Gasteiger charge is 2.45. The number of carbonyl (C=O) groups is 2. The second kappa shape index (κ2) is 8.60. The Balaban J connectivity index is 1.35. The molecule has 3 fully saturated rings. The number of likely N-dealkylation sites (N-methyl/N-ethyl adjacent to an activating group) is 1. The van der Waals surface area contributed by atoms with E-state index in [1.54, 1.807) is 25.2 Å². The first-order chi connectivity index (χ1) is 15.1. The molecule has 2 amide bonds. The maximum absolute atomic E-state index is 13.1. The Morgan fingerprint density at radius 1 is 1.25 bits per heavy atom. The molecule has 9 nitrogen and oxygen atoms in total. The molecule has 1 aromatic carbocycles. The number of benzene rings is 1. The molecule has 1 unspecified atom stereocenters. The first-order valence-electron chi connectivity index (χ1n) is 10.7. The molecule has 174 valence electrons. The van der Waals surface area contributed by atoms with Crippen molar-refractivity contribution in [3.05, 3.63) is 24.3 Å². The van der Waals surface area contributed by atoms with Crippen molar-refractivity contribution in [3.63, 3.8) is 0 Å². The minimum atomic E-state index is -3.59. The van der Waals surface area contributed by atoms with E-state index in [0.717, 1.165) is 6.42 Å². The van der Waals surface area contributed by atoms with Gasteiger partial charge in [0, 0.05) is 39.3 Å². The summed E-state index contributed by atoms with van der Waals surface area (Å²) in [6.07, 6.45) is 2.33. The number of hydrogen-bond acceptors (Lipinski definition) is 6. The van der Waals surface area contributed by atoms with Crippen molar-refractivity contribution in [2.75, 3.05) is 40.3 Å². The summed E-state index contributed by atoms with van der Waals surface area (Å²) >= 11 is 5.08. The molecule has 3 heterocycles. The molecule has 3 saturated heterocycles. The van der Waals surface area contributed by atoms with E-state index in [2.05, 4.69) is 5.32 Å². The standard InChI is InChI=1S/C21H28N4O5S2/c1-23-19(27)17(22-20(23)31)13-18(26)24-9-6-21(14-24)7-10-25(11-8-21)32(28,29)16-5-3-4-15(12-16)30-2/h3-5,12,17H,6-11,13-14H2,1-2H3,(H,22,31). The maximum atomic E-state index is 13.1. The number of sulfonamides is 1. The highest BCUT2D eigenvalue weighted by molar-refractivity contribution is 7.89. The summed E-state index contributed by atoms with van der Waals surface area (Å²) in [5, 5.41) is 3.25. The van der Waals surface area contributed by atoms with Crippen molar-refractivity contribution in [2.45, 2.75) is 36.6 Å². The molecular weight excluding hydrogens is 452 g/mol. The molecule has 1 spiro atoms. The van der Waals surface area contributed by atoms with Crippen LogP contribution in [0, 0.1) is 5.41 Å². The van der Waals surface area contributed by atoms with Gasteiger partial charge in [0.2, 0.25) is 15.9 Å². The van der Waals surface area contributed by atoms with Gasteiger partial charge in [-0.25, -0.2) is 8.42 Å². The Bertz CT molecular complexity index is 1040. The summed E-state index contributed by atoms with van der Waals surface area (Å²) < 4.78 is 32.8. The van der Waals surface area contributed by atoms with Crippen LogP contribution >= 0.6 is 12.2 Å². The van der Waals surface area contributed by atoms with E-state index in [-0.39, 0.29) is 28.5 Å². The van der Waals surface area contributed by atoms with Crippen molar-refractivity contribution >= 4 is 39.2 Å². The topological polar surface area (TPSA) is 99.3 Å². The molecule has 3 aliphatic heterocycles. The lowest BCUT2D eigenvalue weighted by Gasteiger charge is -2.38. The molecule has 4 rings (SSSR count). The Morgan fingerprint density at radius 2 is 1.94 bits per heavy atom. The zero-order valence-electron chi connectivity index (χ0n) is 18.2. The van der Waals surface area contributed by atoms with Gasteiger partial charge < -0.3 is 15.0 Å². The molecule has 0 aromatic heterocycles. The summed E-state index contributed by atoms with van der Waals surface area (Å²) in [4.78, 5) is 28.4. The molecule has 0 aliphatic carbocycles. The number of nitrogens with zero attached hydrogens (tertiary/aromatic N) is 3. The van der Waals surface area contributed by atoms with E-state index in [4.69, 9.17) is 17.0 Å². The van der Waals surface area contributed by atoms with Gasteiger partial charge in [-0.1, -0.05) is 6.07 Å². The highest BCUT2D eigenvalue weighted by atomic mass is 32.2. The Labute approximate surface area is 193 Å². The Morgan fingerprint density at radius 3 is 2.56 bits per heavy atom. The molecule has 1 atom stereocenters. The van der Waals surface area contributed by atoms with Gasteiger partial charge in [-0.05, 0) is 49.0 Å². The number of carbonyl (C=O) groups excluding carboxylic acids is 2. The SMILES string of the molecule is COc1cccc(S(=O)(=O)N2CCC3(CCN(C(=O)CC4NC(=S)N(C)C4=O)C3)CC2)c1. The molecule has 1 aromatic rings. The first-order valence-corrected chi connectivity index (χ1v) is 12.5. The van der Waals surface area contributed by atoms with Crippen LogP contribution in [0.4, 0.5) is 0 Å². The average molecular weight is 481 g/mol. The predicted molar refractivity (Wildman–Crippen MR) is 122 cm³/mol. The normalized spacial score (nSPS) is 23.6. The second-order valence-electron chi connectivity index (χ2n) is 8.75. The molecule has 3 aliphatic rings. The van der Waals surface area contributed by atoms with Crippen LogP contribution in [0.1, 0.15) is 25.7 Å². The van der Waals surface area contributed by atoms with Gasteiger partial charge in [-0.3, -0.25) is 14.5 Å². The maximum Gasteiger partial charge on any atom is 0.251 e. The molecule has 11 heteroatoms. The number of amides is 2. The zero-order chi connectivity index (χ0) is 23.1. The number of hydrogen-bond donors (Lipinski definition) is 1. The number of likely N-dealkylation sites (tertiary alicyclic amines) is 1. The number of methoxy groups -OCH3 is 1. The minimum absolute atomic E-state index is 0.0720. The van der Waals surface area contributed by atoms with Crippen LogP contribution in [0.2, 0.25) is 0 Å². The molecule has 0 radical (unpaired) electrons. The lowest BCUT2D eigenvalue weighted by atomic mass is 9.78. The van der Waals surface area contributed by atoms with Crippen LogP contribution in [-0.2, 0) is 19.6 Å². The third-order valence-electron chi connectivity index (χ3n) is 6.86. The number of thiocarbonyl (C=S) groups is 1. The summed E-state index contributed by atoms with van der Waals surface area (Å²) in [6, 6.07) is 5.91. The van der Waals surface area contributed by atoms with Gasteiger partial charge in [0.25, 0.3) is 5.91 Å². The van der Waals surface area contributed by atoms with Crippen molar-refractivity contribution in [3.8, 4) is 5.75 Å². The number of rotatable bonds is 5. The van der Waals surface area contributed by atoms with Crippen molar-refractivity contribution in [1.82, 2.24) is 19.4 Å². The quantitative estimate of drug-likeness (QED) is 0.623. The third kappa shape index (κ3) is 4.20. The number of nitrogens with one attached hydrogen (secondary N) is 1. The second-order valence-corrected chi connectivity index (χ2v) is 11.1. The first kappa shape index (κ1) is 22.9. The van der Waals surface area contributed by atoms with Gasteiger partial charge in [-0.15, -0.1) is 0 Å². The van der Waals surface area contributed by atoms with E-state index in [1.165, 1.54) is 22.4 Å². The monoisotopic (exact) mass is 480 g/mol. The van der Waals surface area contributed by atoms with Crippen LogP contribution in [0.3, 0.4) is 0 Å². The van der Waals surface area contributed by atoms with E-state index in [9.17, 15) is 18.0 Å². The highest BCUT2D eigenvalue weighted by Crippen LogP contribution is 2.41. The van der Waals surface area contributed by atoms with Crippen molar-refractivity contribution < 1.29 is 22.7 Å². The van der Waals surface area contributed by atoms with Crippen LogP contribution < -0.4 is 10.1 Å². The lowest BCUT2D eigenvalue weighted by Crippen LogP contribution is -2.45. The summed E-state index contributed by atoms with van der Waals surface area (Å²) in [5.41, 5.74) is -0.0741. The lowest BCUT2D eigenvalue weighted by molar-refractivity contribution is -0.135. The number of ether oxygens (including phenoxy) is 1. The minimum Gasteiger partial charge on any atom is -0.497 e. The summed E-state index contributed by atoms with van der Waals surface area (Å²) in [5.74, 6) is 0.247. The smallest absolute Gasteiger partial charge is 0.251 e. The fourth-order valence-corrected chi connectivity index (χ4v) is 6.46. The van der Waals surface area contributed by atoms with Crippen LogP contribution in [0.15, 0.2) is 29.2 Å². The fraction of sp³-hybridized carbons (Fsp3) is 0.571. The predicted octanol–water partition coefficient (Wildman–Crippen LogP) is 0.804. The number of piperidine rings is 1. The fourth-order valence-electron chi connectivity index (χ4n) is 4.75. The van der Waals surface area contributed by atoms with Crippen LogP contribution in [-0.4, -0.2) is 85.8 Å². The largest absolute Gasteiger partial charge is 0.497 e. The van der Waals surface area contributed by atoms with E-state index >= 15 is 0 Å². The van der Waals surface area contributed by atoms with Crippen molar-refractivity contribution in [1.29, 1.82) is 0 Å². The van der Waals surface area contributed by atoms with Gasteiger partial charge in [-0.2, -0.15) is 4.31 Å². The summed E-state index contributed by atoms with van der Waals surface area (Å²) in [6.45, 7) is 2.06. The van der Waals surface area contributed by atoms with Gasteiger partial charge >= 0.3 is 0 Å². The van der Waals surface area contributed by atoms with Crippen LogP contribution in [0.5, 0.6) is 5.75 Å². The van der Waals surface area contributed by atoms with Gasteiger partial charge in [0.05, 0.1) is 18.4 Å². The molecule has 32 heavy (non-hydrogen) atoms. The van der Waals surface area contributed by atoms with Gasteiger partial charge in [0.15, 0.2) is 5.11 Å². The Kier molecular flexibility index (Phi) is 6.17. The summed E-state index contributed by atoms with van der Waals surface area (Å²) in [7, 11) is -0.487. The van der Waals surface area contributed by atoms with E-state index < -0.39 is 16.1 Å². The molecule has 1 N–H and O–H groups in total. The zero-order valence-corrected chi connectivity index (χ0v) is 19.9. The third-order valence-corrected chi connectivity index (χ3v) is 9.15. The average Bonchev–Trinajstić information content (AvgIpc) is 3.30. The van der Waals surface area contributed by atoms with E-state index in [1.807, 2.05) is 4.90 Å². The van der Waals surface area contributed by atoms with E-state index in [0.29, 0.717) is 49.9 Å². The molecule has 0 saturated carbocycles.